The zero-order valence-corrected chi connectivity index (χ0v) is 21.5. The van der Waals surface area contributed by atoms with Gasteiger partial charge in [0.1, 0.15) is 0 Å². The van der Waals surface area contributed by atoms with E-state index < -0.39 is 0 Å². The summed E-state index contributed by atoms with van der Waals surface area (Å²) in [7, 11) is 0. The number of unbranched alkanes of at least 4 members (excludes halogenated alkanes) is 3. The minimum absolute atomic E-state index is 0. The third kappa shape index (κ3) is 5.01. The fourth-order valence-electron chi connectivity index (χ4n) is 5.11. The Morgan fingerprint density at radius 3 is 2.15 bits per heavy atom. The van der Waals surface area contributed by atoms with Crippen LogP contribution in [-0.2, 0) is 0 Å². The maximum absolute atomic E-state index is 12.9. The number of carbonyl (C=O) groups excluding carboxylic acids is 1. The first-order chi connectivity index (χ1) is 16.1. The molecule has 0 aliphatic carbocycles. The highest BCUT2D eigenvalue weighted by Gasteiger charge is 2.28. The van der Waals surface area contributed by atoms with Gasteiger partial charge in [-0.25, -0.2) is 0 Å². The minimum Gasteiger partial charge on any atom is -0.368 e. The van der Waals surface area contributed by atoms with E-state index in [1.165, 1.54) is 12.8 Å². The fraction of sp³-hybridized carbons (Fsp3) is 0.370. The molecule has 0 unspecified atom stereocenters. The van der Waals surface area contributed by atoms with Crippen LogP contribution >= 0.6 is 35.6 Å². The van der Waals surface area contributed by atoms with E-state index >= 15 is 0 Å². The fourth-order valence-corrected chi connectivity index (χ4v) is 5.52. The molecule has 1 saturated heterocycles. The van der Waals surface area contributed by atoms with Crippen molar-refractivity contribution < 1.29 is 4.79 Å². The number of carbonyl (C=O) groups is 1. The smallest absolute Gasteiger partial charge is 0.258 e. The average Bonchev–Trinajstić information content (AvgIpc) is 3.11. The maximum Gasteiger partial charge on any atom is 0.258 e. The lowest BCUT2D eigenvalue weighted by molar-refractivity contribution is 0.0992. The number of anilines is 2. The van der Waals surface area contributed by atoms with Crippen molar-refractivity contribution in [2.45, 2.75) is 25.7 Å². The Labute approximate surface area is 217 Å². The zero-order chi connectivity index (χ0) is 22.8. The summed E-state index contributed by atoms with van der Waals surface area (Å²) in [6.07, 6.45) is 4.58. The zero-order valence-electron chi connectivity index (χ0n) is 19.2. The van der Waals surface area contributed by atoms with Crippen LogP contribution in [-0.4, -0.2) is 50.1 Å². The summed E-state index contributed by atoms with van der Waals surface area (Å²) in [6.45, 7) is 5.98. The van der Waals surface area contributed by atoms with Crippen LogP contribution in [0, 0.1) is 0 Å². The Bertz CT molecular complexity index is 1160. The molecule has 2 aliphatic rings. The summed E-state index contributed by atoms with van der Waals surface area (Å²) >= 11 is 12.6. The van der Waals surface area contributed by atoms with Gasteiger partial charge in [0.15, 0.2) is 0 Å². The van der Waals surface area contributed by atoms with Gasteiger partial charge in [-0.15, -0.1) is 12.4 Å². The molecule has 0 radical (unpaired) electrons. The first-order valence-corrected chi connectivity index (χ1v) is 12.6. The summed E-state index contributed by atoms with van der Waals surface area (Å²) in [5.41, 5.74) is 2.96. The molecule has 1 amide bonds. The van der Waals surface area contributed by atoms with Gasteiger partial charge >= 0.3 is 0 Å². The Kier molecular flexibility index (Phi) is 8.26. The van der Waals surface area contributed by atoms with Crippen molar-refractivity contribution in [3.63, 3.8) is 0 Å². The van der Waals surface area contributed by atoms with Crippen LogP contribution in [0.2, 0.25) is 10.0 Å². The molecule has 7 heteroatoms. The molecule has 34 heavy (non-hydrogen) atoms. The summed E-state index contributed by atoms with van der Waals surface area (Å²) in [4.78, 5) is 19.7. The largest absolute Gasteiger partial charge is 0.368 e. The van der Waals surface area contributed by atoms with E-state index in [1.54, 1.807) is 0 Å². The molecule has 0 N–H and O–H groups in total. The van der Waals surface area contributed by atoms with Crippen LogP contribution in [0.5, 0.6) is 0 Å². The van der Waals surface area contributed by atoms with Gasteiger partial charge in [-0.1, -0.05) is 66.4 Å². The van der Waals surface area contributed by atoms with Crippen molar-refractivity contribution >= 4 is 63.7 Å². The molecule has 3 aromatic carbocycles. The second kappa shape index (κ2) is 11.2. The number of nitrogens with zero attached hydrogens (tertiary/aromatic N) is 3. The highest BCUT2D eigenvalue weighted by atomic mass is 35.5. The van der Waals surface area contributed by atoms with E-state index in [4.69, 9.17) is 23.2 Å². The Morgan fingerprint density at radius 2 is 1.38 bits per heavy atom. The summed E-state index contributed by atoms with van der Waals surface area (Å²) < 4.78 is 0. The predicted octanol–water partition coefficient (Wildman–Crippen LogP) is 6.91. The third-order valence-corrected chi connectivity index (χ3v) is 7.71. The van der Waals surface area contributed by atoms with Crippen LogP contribution in [0.15, 0.2) is 54.6 Å². The van der Waals surface area contributed by atoms with Crippen LogP contribution in [0.3, 0.4) is 0 Å². The summed E-state index contributed by atoms with van der Waals surface area (Å²) in [5.74, 6) is 0.152. The number of hydrogen-bond acceptors (Lipinski definition) is 3. The first-order valence-electron chi connectivity index (χ1n) is 11.9. The lowest BCUT2D eigenvalue weighted by Gasteiger charge is -2.36. The van der Waals surface area contributed by atoms with Gasteiger partial charge in [0.25, 0.3) is 5.91 Å². The molecular weight excluding hydrogens is 489 g/mol. The molecule has 1 fully saturated rings. The Morgan fingerprint density at radius 1 is 0.735 bits per heavy atom. The van der Waals surface area contributed by atoms with E-state index in [-0.39, 0.29) is 18.3 Å². The highest BCUT2D eigenvalue weighted by Crippen LogP contribution is 2.37. The van der Waals surface area contributed by atoms with Crippen molar-refractivity contribution in [2.24, 2.45) is 0 Å². The molecule has 180 valence electrons. The number of amides is 1. The van der Waals surface area contributed by atoms with Crippen molar-refractivity contribution in [1.29, 1.82) is 0 Å². The molecule has 5 rings (SSSR count). The van der Waals surface area contributed by atoms with Crippen molar-refractivity contribution in [2.75, 3.05) is 49.1 Å². The molecule has 0 saturated carbocycles. The topological polar surface area (TPSA) is 26.8 Å². The predicted molar refractivity (Wildman–Crippen MR) is 146 cm³/mol. The van der Waals surface area contributed by atoms with Gasteiger partial charge in [0.05, 0.1) is 21.4 Å². The van der Waals surface area contributed by atoms with E-state index in [0.29, 0.717) is 10.0 Å². The Hall–Kier alpha value is -1.98. The maximum atomic E-state index is 12.9. The molecule has 3 aromatic rings. The molecule has 2 aliphatic heterocycles. The monoisotopic (exact) mass is 517 g/mol. The van der Waals surface area contributed by atoms with Crippen LogP contribution < -0.4 is 9.80 Å². The number of hydrogen-bond donors (Lipinski definition) is 0. The van der Waals surface area contributed by atoms with Crippen molar-refractivity contribution in [3.8, 4) is 0 Å². The third-order valence-electron chi connectivity index (χ3n) is 6.90. The van der Waals surface area contributed by atoms with E-state index in [9.17, 15) is 4.79 Å². The number of benzene rings is 3. The second-order valence-corrected chi connectivity index (χ2v) is 9.74. The van der Waals surface area contributed by atoms with Gasteiger partial charge in [-0.05, 0) is 49.0 Å². The summed E-state index contributed by atoms with van der Waals surface area (Å²) in [5, 5.41) is 3.54. The molecule has 0 aromatic heterocycles. The standard InChI is InChI=1S/C27H29Cl2N3O.ClH/c28-22-11-7-13-24(26(22)29)31-18-16-30(17-19-31)14-3-1-2-4-15-32-23-12-6-9-20-8-5-10-21(25(20)23)27(32)33;/h5-13H,1-4,14-19H2;1H. The summed E-state index contributed by atoms with van der Waals surface area (Å²) in [6, 6.07) is 18.1. The molecule has 2 heterocycles. The van der Waals surface area contributed by atoms with Gasteiger partial charge < -0.3 is 9.80 Å². The quantitative estimate of drug-likeness (QED) is 0.303. The van der Waals surface area contributed by atoms with Gasteiger partial charge in [0, 0.05) is 43.7 Å². The van der Waals surface area contributed by atoms with Crippen LogP contribution in [0.1, 0.15) is 36.0 Å². The highest BCUT2D eigenvalue weighted by molar-refractivity contribution is 6.43. The van der Waals surface area contributed by atoms with Gasteiger partial charge in [-0.3, -0.25) is 9.69 Å². The lowest BCUT2D eigenvalue weighted by atomic mass is 10.1. The minimum atomic E-state index is 0. The average molecular weight is 519 g/mol. The second-order valence-electron chi connectivity index (χ2n) is 8.95. The van der Waals surface area contributed by atoms with Crippen LogP contribution in [0.4, 0.5) is 11.4 Å². The van der Waals surface area contributed by atoms with E-state index in [2.05, 4.69) is 28.0 Å². The molecular formula is C27H30Cl3N3O. The molecule has 0 bridgehead atoms. The molecule has 0 spiro atoms. The van der Waals surface area contributed by atoms with Crippen LogP contribution in [0.25, 0.3) is 10.8 Å². The van der Waals surface area contributed by atoms with E-state index in [1.807, 2.05) is 41.3 Å². The van der Waals surface area contributed by atoms with E-state index in [0.717, 1.165) is 79.8 Å². The van der Waals surface area contributed by atoms with Crippen molar-refractivity contribution in [1.82, 2.24) is 4.90 Å². The SMILES string of the molecule is Cl.O=C1c2cccc3cccc(c23)N1CCCCCCN1CCN(c2cccc(Cl)c2Cl)CC1. The van der Waals surface area contributed by atoms with Crippen molar-refractivity contribution in [3.05, 3.63) is 70.2 Å². The Balaban J connectivity index is 0.00000274. The normalized spacial score (nSPS) is 15.8. The lowest BCUT2D eigenvalue weighted by Crippen LogP contribution is -2.46. The number of piperazine rings is 1. The number of halogens is 3. The van der Waals surface area contributed by atoms with Gasteiger partial charge in [-0.2, -0.15) is 0 Å². The molecule has 4 nitrogen and oxygen atoms in total. The van der Waals surface area contributed by atoms with Gasteiger partial charge in [0.2, 0.25) is 0 Å². The first kappa shape index (κ1) is 25.1. The molecule has 0 atom stereocenters. The number of rotatable bonds is 8.